The lowest BCUT2D eigenvalue weighted by atomic mass is 10.3. The van der Waals surface area contributed by atoms with Gasteiger partial charge in [0, 0.05) is 13.1 Å². The van der Waals surface area contributed by atoms with E-state index in [1.54, 1.807) is 18.7 Å². The summed E-state index contributed by atoms with van der Waals surface area (Å²) in [6.07, 6.45) is 0. The molecule has 122 valence electrons. The van der Waals surface area contributed by atoms with Crippen molar-refractivity contribution in [2.75, 3.05) is 12.9 Å². The molecule has 3 rings (SSSR count). The number of nitrogens with zero attached hydrogens (tertiary/aromatic N) is 4. The molecule has 2 heterocycles. The summed E-state index contributed by atoms with van der Waals surface area (Å²) in [5, 5.41) is 9.26. The summed E-state index contributed by atoms with van der Waals surface area (Å²) in [7, 11) is 3.24. The molecule has 0 N–H and O–H groups in total. The number of thiazole rings is 1. The van der Waals surface area contributed by atoms with Crippen molar-refractivity contribution in [2.24, 2.45) is 7.05 Å². The normalized spacial score (nSPS) is 10.7. The average Bonchev–Trinajstić information content (AvgIpc) is 2.93. The lowest BCUT2D eigenvalue weighted by molar-refractivity contribution is 0.414. The van der Waals surface area contributed by atoms with Crippen molar-refractivity contribution in [3.05, 3.63) is 38.6 Å². The smallest absolute Gasteiger partial charge is 0.273 e. The first kappa shape index (κ1) is 16.7. The number of hydrogen-bond donors (Lipinski definition) is 0. The Hall–Kier alpha value is -2.15. The van der Waals surface area contributed by atoms with Crippen LogP contribution in [-0.2, 0) is 7.05 Å². The lowest BCUT2D eigenvalue weighted by Crippen LogP contribution is -2.19. The van der Waals surface area contributed by atoms with Gasteiger partial charge in [0.15, 0.2) is 14.8 Å². The molecule has 0 aliphatic heterocycles. The maximum atomic E-state index is 12.6. The van der Waals surface area contributed by atoms with Crippen molar-refractivity contribution in [3.63, 3.8) is 0 Å². The molecule has 3 aromatic rings. The van der Waals surface area contributed by atoms with Crippen molar-refractivity contribution < 1.29 is 4.74 Å². The van der Waals surface area contributed by atoms with Crippen LogP contribution >= 0.6 is 35.3 Å². The summed E-state index contributed by atoms with van der Waals surface area (Å²) in [5.41, 5.74) is 1.11. The van der Waals surface area contributed by atoms with Crippen LogP contribution in [0.2, 0.25) is 0 Å². The van der Waals surface area contributed by atoms with Gasteiger partial charge in [0.25, 0.3) is 5.56 Å². The third kappa shape index (κ3) is 2.84. The zero-order chi connectivity index (χ0) is 17.3. The summed E-state index contributed by atoms with van der Waals surface area (Å²) in [6.45, 7) is 0. The first-order chi connectivity index (χ1) is 11.6. The second kappa shape index (κ2) is 6.76. The van der Waals surface area contributed by atoms with Crippen LogP contribution in [0.3, 0.4) is 0 Å². The zero-order valence-corrected chi connectivity index (χ0v) is 15.3. The molecule has 0 atom stereocenters. The van der Waals surface area contributed by atoms with Crippen LogP contribution in [0.25, 0.3) is 16.0 Å². The van der Waals surface area contributed by atoms with Crippen LogP contribution in [0.1, 0.15) is 0 Å². The molecule has 0 spiro atoms. The van der Waals surface area contributed by atoms with E-state index in [0.717, 1.165) is 5.69 Å². The van der Waals surface area contributed by atoms with Crippen LogP contribution in [0.4, 0.5) is 0 Å². The molecule has 0 aliphatic rings. The van der Waals surface area contributed by atoms with E-state index in [1.165, 1.54) is 27.7 Å². The van der Waals surface area contributed by atoms with Crippen LogP contribution < -0.4 is 10.3 Å². The van der Waals surface area contributed by atoms with Gasteiger partial charge in [0.05, 0.1) is 24.6 Å². The number of nitriles is 1. The molecular weight excluding hydrogens is 364 g/mol. The zero-order valence-electron chi connectivity index (χ0n) is 12.8. The number of aromatic nitrogens is 3. The molecular formula is C15H12N4O2S3. The Balaban J connectivity index is 2.31. The Morgan fingerprint density at radius 2 is 2.29 bits per heavy atom. The van der Waals surface area contributed by atoms with E-state index in [0.29, 0.717) is 25.2 Å². The number of hydrogen-bond acceptors (Lipinski definition) is 7. The van der Waals surface area contributed by atoms with Crippen molar-refractivity contribution in [3.8, 4) is 17.5 Å². The van der Waals surface area contributed by atoms with Crippen LogP contribution in [0.5, 0.6) is 5.75 Å². The third-order valence-corrected chi connectivity index (χ3v) is 5.60. The topological polar surface area (TPSA) is 72.8 Å². The number of methoxy groups -OCH3 is 1. The van der Waals surface area contributed by atoms with Crippen molar-refractivity contribution >= 4 is 45.7 Å². The van der Waals surface area contributed by atoms with E-state index < -0.39 is 0 Å². The Kier molecular flexibility index (Phi) is 4.71. The summed E-state index contributed by atoms with van der Waals surface area (Å²) >= 11 is 7.89. The van der Waals surface area contributed by atoms with Gasteiger partial charge in [-0.25, -0.2) is 4.98 Å². The molecule has 0 amide bonds. The maximum absolute atomic E-state index is 12.6. The standard InChI is InChI=1S/C15H12N4O2S3/c1-18-13(20)11-12(17-14(18)23-7-6-16)19(15(22)24-11)9-4-3-5-10(8-9)21-2/h3-5,8H,7H2,1-2H3. The largest absolute Gasteiger partial charge is 0.497 e. The molecule has 0 saturated carbocycles. The van der Waals surface area contributed by atoms with Gasteiger partial charge in [-0.1, -0.05) is 29.2 Å². The van der Waals surface area contributed by atoms with Gasteiger partial charge < -0.3 is 4.74 Å². The van der Waals surface area contributed by atoms with Gasteiger partial charge in [-0.05, 0) is 24.4 Å². The van der Waals surface area contributed by atoms with E-state index in [-0.39, 0.29) is 11.3 Å². The second-order valence-electron chi connectivity index (χ2n) is 4.76. The first-order valence-electron chi connectivity index (χ1n) is 6.83. The Morgan fingerprint density at radius 3 is 3.00 bits per heavy atom. The highest BCUT2D eigenvalue weighted by molar-refractivity contribution is 7.99. The first-order valence-corrected chi connectivity index (χ1v) is 9.04. The minimum absolute atomic E-state index is 0.168. The van der Waals surface area contributed by atoms with Crippen LogP contribution in [-0.4, -0.2) is 27.0 Å². The maximum Gasteiger partial charge on any atom is 0.273 e. The fourth-order valence-corrected chi connectivity index (χ4v) is 4.19. The molecule has 6 nitrogen and oxygen atoms in total. The third-order valence-electron chi connectivity index (χ3n) is 3.35. The number of thioether (sulfide) groups is 1. The van der Waals surface area contributed by atoms with Crippen LogP contribution in [0, 0.1) is 15.3 Å². The van der Waals surface area contributed by atoms with E-state index in [4.69, 9.17) is 22.2 Å². The molecule has 0 unspecified atom stereocenters. The molecule has 0 bridgehead atoms. The Labute approximate surface area is 150 Å². The molecule has 24 heavy (non-hydrogen) atoms. The molecule has 0 aliphatic carbocycles. The van der Waals surface area contributed by atoms with Crippen molar-refractivity contribution in [2.45, 2.75) is 5.16 Å². The van der Waals surface area contributed by atoms with Crippen LogP contribution in [0.15, 0.2) is 34.2 Å². The van der Waals surface area contributed by atoms with E-state index in [9.17, 15) is 4.79 Å². The van der Waals surface area contributed by atoms with Gasteiger partial charge in [-0.2, -0.15) is 5.26 Å². The van der Waals surface area contributed by atoms with Gasteiger partial charge in [-0.3, -0.25) is 13.9 Å². The predicted molar refractivity (Wildman–Crippen MR) is 97.9 cm³/mol. The molecule has 0 fully saturated rings. The van der Waals surface area contributed by atoms with Gasteiger partial charge in [0.1, 0.15) is 10.4 Å². The second-order valence-corrected chi connectivity index (χ2v) is 7.35. The number of fused-ring (bicyclic) bond motifs is 1. The number of rotatable bonds is 4. The van der Waals surface area contributed by atoms with E-state index >= 15 is 0 Å². The minimum Gasteiger partial charge on any atom is -0.497 e. The Morgan fingerprint density at radius 1 is 1.50 bits per heavy atom. The van der Waals surface area contributed by atoms with Gasteiger partial charge in [0.2, 0.25) is 0 Å². The van der Waals surface area contributed by atoms with E-state index in [2.05, 4.69) is 4.98 Å². The SMILES string of the molecule is COc1cccc(-n2c(=S)sc3c(=O)n(C)c(SCC#N)nc32)c1. The molecule has 9 heteroatoms. The van der Waals surface area contributed by atoms with Gasteiger partial charge >= 0.3 is 0 Å². The van der Waals surface area contributed by atoms with Gasteiger partial charge in [-0.15, -0.1) is 0 Å². The highest BCUT2D eigenvalue weighted by atomic mass is 32.2. The van der Waals surface area contributed by atoms with E-state index in [1.807, 2.05) is 30.3 Å². The monoisotopic (exact) mass is 376 g/mol. The Bertz CT molecular complexity index is 1070. The quantitative estimate of drug-likeness (QED) is 0.396. The average molecular weight is 376 g/mol. The molecule has 0 radical (unpaired) electrons. The summed E-state index contributed by atoms with van der Waals surface area (Å²) in [6, 6.07) is 9.45. The molecule has 2 aromatic heterocycles. The number of ether oxygens (including phenoxy) is 1. The fraction of sp³-hybridized carbons (Fsp3) is 0.200. The number of benzene rings is 1. The summed E-state index contributed by atoms with van der Waals surface area (Å²) in [4.78, 5) is 17.2. The summed E-state index contributed by atoms with van der Waals surface area (Å²) in [5.74, 6) is 0.909. The van der Waals surface area contributed by atoms with Crippen molar-refractivity contribution in [1.29, 1.82) is 5.26 Å². The highest BCUT2D eigenvalue weighted by Crippen LogP contribution is 2.26. The predicted octanol–water partition coefficient (Wildman–Crippen LogP) is 3.14. The fourth-order valence-electron chi connectivity index (χ4n) is 2.21. The van der Waals surface area contributed by atoms with Crippen molar-refractivity contribution in [1.82, 2.24) is 14.1 Å². The highest BCUT2D eigenvalue weighted by Gasteiger charge is 2.16. The minimum atomic E-state index is -0.168. The molecule has 1 aromatic carbocycles. The molecule has 0 saturated heterocycles. The summed E-state index contributed by atoms with van der Waals surface area (Å²) < 4.78 is 9.49. The lowest BCUT2D eigenvalue weighted by Gasteiger charge is -2.09.